The van der Waals surface area contributed by atoms with Crippen LogP contribution in [-0.4, -0.2) is 21.7 Å². The highest BCUT2D eigenvalue weighted by atomic mass is 16.2. The Kier molecular flexibility index (Phi) is 3.02. The Hall–Kier alpha value is -1.52. The Morgan fingerprint density at radius 1 is 1.60 bits per heavy atom. The van der Waals surface area contributed by atoms with Crippen LogP contribution in [0, 0.1) is 0 Å². The number of carbonyl (C=O) groups excluding carboxylic acids is 1. The van der Waals surface area contributed by atoms with Crippen LogP contribution < -0.4 is 11.1 Å². The van der Waals surface area contributed by atoms with Crippen molar-refractivity contribution >= 4 is 11.6 Å². The first-order valence-corrected chi connectivity index (χ1v) is 4.95. The van der Waals surface area contributed by atoms with Crippen molar-refractivity contribution < 1.29 is 4.79 Å². The second-order valence-corrected chi connectivity index (χ2v) is 4.41. The summed E-state index contributed by atoms with van der Waals surface area (Å²) in [6, 6.07) is 0.115. The van der Waals surface area contributed by atoms with E-state index in [1.54, 1.807) is 24.7 Å². The Bertz CT molecular complexity index is 354. The predicted octanol–water partition coefficient (Wildman–Crippen LogP) is 0.725. The third-order valence-corrected chi connectivity index (χ3v) is 2.15. The van der Waals surface area contributed by atoms with Crippen LogP contribution in [0.2, 0.25) is 0 Å². The highest BCUT2D eigenvalue weighted by Gasteiger charge is 2.30. The maximum Gasteiger partial charge on any atom is 0.247 e. The van der Waals surface area contributed by atoms with Gasteiger partial charge in [-0.05, 0) is 27.7 Å². The van der Waals surface area contributed by atoms with Gasteiger partial charge in [0.2, 0.25) is 5.91 Å². The lowest BCUT2D eigenvalue weighted by Crippen LogP contribution is -2.47. The number of rotatable bonds is 3. The summed E-state index contributed by atoms with van der Waals surface area (Å²) in [5, 5.41) is 6.90. The summed E-state index contributed by atoms with van der Waals surface area (Å²) < 4.78 is 1.57. The molecular weight excluding hydrogens is 192 g/mol. The van der Waals surface area contributed by atoms with Crippen LogP contribution in [0.4, 0.5) is 5.69 Å². The fourth-order valence-electron chi connectivity index (χ4n) is 1.19. The van der Waals surface area contributed by atoms with Gasteiger partial charge in [0.25, 0.3) is 0 Å². The SMILES string of the molecule is CC(C)NC(=O)C(C)(C)n1cc(N)cn1. The van der Waals surface area contributed by atoms with E-state index in [0.29, 0.717) is 5.69 Å². The Morgan fingerprint density at radius 3 is 2.60 bits per heavy atom. The van der Waals surface area contributed by atoms with Crippen molar-refractivity contribution in [2.75, 3.05) is 5.73 Å². The second-order valence-electron chi connectivity index (χ2n) is 4.41. The fourth-order valence-corrected chi connectivity index (χ4v) is 1.19. The molecule has 0 spiro atoms. The molecule has 0 aliphatic heterocycles. The van der Waals surface area contributed by atoms with E-state index in [1.165, 1.54) is 6.20 Å². The van der Waals surface area contributed by atoms with Gasteiger partial charge >= 0.3 is 0 Å². The molecule has 0 atom stereocenters. The lowest BCUT2D eigenvalue weighted by molar-refractivity contribution is -0.129. The van der Waals surface area contributed by atoms with Crippen molar-refractivity contribution in [1.29, 1.82) is 0 Å². The van der Waals surface area contributed by atoms with Crippen molar-refractivity contribution in [2.24, 2.45) is 0 Å². The third kappa shape index (κ3) is 2.49. The first-order valence-electron chi connectivity index (χ1n) is 4.95. The molecule has 0 radical (unpaired) electrons. The summed E-state index contributed by atoms with van der Waals surface area (Å²) in [6.07, 6.45) is 3.18. The number of anilines is 1. The van der Waals surface area contributed by atoms with Gasteiger partial charge in [-0.2, -0.15) is 5.10 Å². The predicted molar refractivity (Wildman–Crippen MR) is 59.2 cm³/mol. The Balaban J connectivity index is 2.87. The highest BCUT2D eigenvalue weighted by Crippen LogP contribution is 2.16. The van der Waals surface area contributed by atoms with Gasteiger partial charge in [0.1, 0.15) is 5.54 Å². The summed E-state index contributed by atoms with van der Waals surface area (Å²) in [6.45, 7) is 7.45. The van der Waals surface area contributed by atoms with Crippen molar-refractivity contribution in [3.8, 4) is 0 Å². The first-order chi connectivity index (χ1) is 6.84. The number of aromatic nitrogens is 2. The molecule has 84 valence electrons. The maximum atomic E-state index is 11.9. The van der Waals surface area contributed by atoms with Crippen LogP contribution in [0.1, 0.15) is 27.7 Å². The zero-order chi connectivity index (χ0) is 11.6. The largest absolute Gasteiger partial charge is 0.396 e. The smallest absolute Gasteiger partial charge is 0.247 e. The van der Waals surface area contributed by atoms with Crippen LogP contribution in [0.5, 0.6) is 0 Å². The van der Waals surface area contributed by atoms with Crippen LogP contribution in [0.3, 0.4) is 0 Å². The Labute approximate surface area is 89.6 Å². The van der Waals surface area contributed by atoms with Crippen LogP contribution in [0.15, 0.2) is 12.4 Å². The molecule has 0 saturated carbocycles. The maximum absolute atomic E-state index is 11.9. The van der Waals surface area contributed by atoms with Gasteiger partial charge in [-0.15, -0.1) is 0 Å². The Morgan fingerprint density at radius 2 is 2.20 bits per heavy atom. The molecule has 1 aromatic heterocycles. The van der Waals surface area contributed by atoms with E-state index in [1.807, 2.05) is 13.8 Å². The zero-order valence-electron chi connectivity index (χ0n) is 9.61. The number of nitrogen functional groups attached to an aromatic ring is 1. The first kappa shape index (κ1) is 11.6. The molecule has 0 aliphatic rings. The van der Waals surface area contributed by atoms with E-state index in [2.05, 4.69) is 10.4 Å². The van der Waals surface area contributed by atoms with Gasteiger partial charge in [0.15, 0.2) is 0 Å². The molecule has 15 heavy (non-hydrogen) atoms. The second kappa shape index (κ2) is 3.92. The summed E-state index contributed by atoms with van der Waals surface area (Å²) in [5.74, 6) is -0.0689. The van der Waals surface area contributed by atoms with E-state index in [-0.39, 0.29) is 11.9 Å². The number of nitrogens with two attached hydrogens (primary N) is 1. The molecule has 1 rings (SSSR count). The van der Waals surface area contributed by atoms with Crippen molar-refractivity contribution in [3.63, 3.8) is 0 Å². The van der Waals surface area contributed by atoms with Crippen molar-refractivity contribution in [2.45, 2.75) is 39.3 Å². The number of carbonyl (C=O) groups is 1. The zero-order valence-corrected chi connectivity index (χ0v) is 9.61. The molecule has 0 saturated heterocycles. The number of amides is 1. The van der Waals surface area contributed by atoms with Gasteiger partial charge < -0.3 is 11.1 Å². The molecule has 1 aromatic rings. The van der Waals surface area contributed by atoms with Crippen LogP contribution in [0.25, 0.3) is 0 Å². The van der Waals surface area contributed by atoms with Gasteiger partial charge in [0, 0.05) is 12.2 Å². The standard InChI is InChI=1S/C10H18N4O/c1-7(2)13-9(15)10(3,4)14-6-8(11)5-12-14/h5-7H,11H2,1-4H3,(H,13,15). The molecule has 0 unspecified atom stereocenters. The number of nitrogens with zero attached hydrogens (tertiary/aromatic N) is 2. The van der Waals surface area contributed by atoms with E-state index < -0.39 is 5.54 Å². The van der Waals surface area contributed by atoms with Crippen molar-refractivity contribution in [3.05, 3.63) is 12.4 Å². The van der Waals surface area contributed by atoms with Gasteiger partial charge in [-0.1, -0.05) is 0 Å². The number of hydrogen-bond acceptors (Lipinski definition) is 3. The van der Waals surface area contributed by atoms with E-state index in [4.69, 9.17) is 5.73 Å². The minimum absolute atomic E-state index is 0.0689. The van der Waals surface area contributed by atoms with E-state index >= 15 is 0 Å². The third-order valence-electron chi connectivity index (χ3n) is 2.15. The number of hydrogen-bond donors (Lipinski definition) is 2. The topological polar surface area (TPSA) is 72.9 Å². The quantitative estimate of drug-likeness (QED) is 0.772. The number of nitrogens with one attached hydrogen (secondary N) is 1. The van der Waals surface area contributed by atoms with Crippen molar-refractivity contribution in [1.82, 2.24) is 15.1 Å². The molecule has 5 nitrogen and oxygen atoms in total. The monoisotopic (exact) mass is 210 g/mol. The molecule has 0 aliphatic carbocycles. The highest BCUT2D eigenvalue weighted by molar-refractivity contribution is 5.83. The van der Waals surface area contributed by atoms with Crippen LogP contribution >= 0.6 is 0 Å². The van der Waals surface area contributed by atoms with Gasteiger partial charge in [-0.25, -0.2) is 0 Å². The van der Waals surface area contributed by atoms with E-state index in [9.17, 15) is 4.79 Å². The summed E-state index contributed by atoms with van der Waals surface area (Å²) in [7, 11) is 0. The fraction of sp³-hybridized carbons (Fsp3) is 0.600. The van der Waals surface area contributed by atoms with Crippen LogP contribution in [-0.2, 0) is 10.3 Å². The lowest BCUT2D eigenvalue weighted by Gasteiger charge is -2.25. The summed E-state index contributed by atoms with van der Waals surface area (Å²) >= 11 is 0. The van der Waals surface area contributed by atoms with Gasteiger partial charge in [0.05, 0.1) is 11.9 Å². The van der Waals surface area contributed by atoms with E-state index in [0.717, 1.165) is 0 Å². The molecule has 0 fully saturated rings. The molecule has 3 N–H and O–H groups in total. The average Bonchev–Trinajstić information content (AvgIpc) is 2.50. The lowest BCUT2D eigenvalue weighted by atomic mass is 10.0. The minimum atomic E-state index is -0.720. The molecule has 1 heterocycles. The average molecular weight is 210 g/mol. The molecule has 0 bridgehead atoms. The molecular formula is C10H18N4O. The minimum Gasteiger partial charge on any atom is -0.396 e. The summed E-state index contributed by atoms with van der Waals surface area (Å²) in [4.78, 5) is 11.9. The summed E-state index contributed by atoms with van der Waals surface area (Å²) in [5.41, 5.74) is 5.40. The molecule has 0 aromatic carbocycles. The molecule has 1 amide bonds. The molecule has 5 heteroatoms. The van der Waals surface area contributed by atoms with Gasteiger partial charge in [-0.3, -0.25) is 9.48 Å². The normalized spacial score (nSPS) is 11.8.